The Labute approximate surface area is 216 Å². The fraction of sp³-hybridized carbons (Fsp3) is 0.381. The van der Waals surface area contributed by atoms with E-state index in [1.165, 1.54) is 17.9 Å². The van der Waals surface area contributed by atoms with Crippen LogP contribution in [-0.4, -0.2) is 64.9 Å². The van der Waals surface area contributed by atoms with E-state index < -0.39 is 54.5 Å². The minimum absolute atomic E-state index is 0.151. The number of nitriles is 1. The monoisotopic (exact) mass is 580 g/mol. The number of hydrogen-bond acceptors (Lipinski definition) is 8. The van der Waals surface area contributed by atoms with Gasteiger partial charge in [0.25, 0.3) is 15.6 Å². The number of anilines is 1. The van der Waals surface area contributed by atoms with Crippen LogP contribution in [0.2, 0.25) is 0 Å². The van der Waals surface area contributed by atoms with E-state index in [1.807, 2.05) is 5.10 Å². The number of alkyl halides is 6. The van der Waals surface area contributed by atoms with Crippen molar-refractivity contribution in [3.8, 4) is 6.07 Å². The Balaban J connectivity index is 1.62. The van der Waals surface area contributed by atoms with Gasteiger partial charge in [-0.05, 0) is 37.3 Å². The van der Waals surface area contributed by atoms with Gasteiger partial charge < -0.3 is 10.0 Å². The van der Waals surface area contributed by atoms with E-state index >= 15 is 0 Å². The molecule has 0 aliphatic carbocycles. The molecule has 0 spiro atoms. The summed E-state index contributed by atoms with van der Waals surface area (Å²) in [6, 6.07) is 5.61. The summed E-state index contributed by atoms with van der Waals surface area (Å²) in [7, 11) is -4.38. The van der Waals surface area contributed by atoms with Crippen LogP contribution in [0.1, 0.15) is 28.8 Å². The van der Waals surface area contributed by atoms with E-state index in [4.69, 9.17) is 5.26 Å². The number of thiophene rings is 1. The van der Waals surface area contributed by atoms with E-state index in [0.717, 1.165) is 28.8 Å². The molecule has 1 fully saturated rings. The quantitative estimate of drug-likeness (QED) is 0.443. The van der Waals surface area contributed by atoms with E-state index in [1.54, 1.807) is 6.07 Å². The SMILES string of the molecule is CC1CN(c2ccc(C#N)cc2C(F)(F)F)CCN1S(=O)(=O)c1ccc(C(O)(c2ncn[nH]2)C(F)(F)F)s1. The Morgan fingerprint density at radius 1 is 1.16 bits per heavy atom. The van der Waals surface area contributed by atoms with Gasteiger partial charge in [-0.3, -0.25) is 5.10 Å². The smallest absolute Gasteiger partial charge is 0.369 e. The van der Waals surface area contributed by atoms with Gasteiger partial charge >= 0.3 is 12.4 Å². The lowest BCUT2D eigenvalue weighted by atomic mass is 10.0. The maximum Gasteiger partial charge on any atom is 0.429 e. The molecule has 1 aliphatic rings. The highest BCUT2D eigenvalue weighted by molar-refractivity contribution is 7.91. The molecule has 2 unspecified atom stereocenters. The highest BCUT2D eigenvalue weighted by Crippen LogP contribution is 2.46. The molecule has 4 rings (SSSR count). The third kappa shape index (κ3) is 4.72. The minimum atomic E-state index is -5.27. The molecule has 3 aromatic rings. The van der Waals surface area contributed by atoms with Gasteiger partial charge in [-0.1, -0.05) is 0 Å². The Morgan fingerprint density at radius 3 is 2.42 bits per heavy atom. The maximum absolute atomic E-state index is 13.8. The van der Waals surface area contributed by atoms with Crippen LogP contribution in [-0.2, 0) is 21.8 Å². The van der Waals surface area contributed by atoms with Crippen molar-refractivity contribution in [1.29, 1.82) is 5.26 Å². The number of aromatic nitrogens is 3. The molecule has 1 saturated heterocycles. The number of benzene rings is 1. The number of hydrogen-bond donors (Lipinski definition) is 2. The van der Waals surface area contributed by atoms with Gasteiger partial charge in [-0.15, -0.1) is 11.3 Å². The molecule has 204 valence electrons. The lowest BCUT2D eigenvalue weighted by Gasteiger charge is -2.40. The van der Waals surface area contributed by atoms with E-state index in [0.29, 0.717) is 6.07 Å². The molecule has 1 aromatic carbocycles. The minimum Gasteiger partial charge on any atom is -0.369 e. The van der Waals surface area contributed by atoms with Crippen molar-refractivity contribution in [2.24, 2.45) is 0 Å². The number of piperazine rings is 1. The average Bonchev–Trinajstić information content (AvgIpc) is 3.55. The summed E-state index contributed by atoms with van der Waals surface area (Å²) in [6.07, 6.45) is -9.27. The van der Waals surface area contributed by atoms with Gasteiger partial charge in [0, 0.05) is 31.4 Å². The number of rotatable bonds is 5. The summed E-state index contributed by atoms with van der Waals surface area (Å²) >= 11 is 0.194. The van der Waals surface area contributed by atoms with Crippen molar-refractivity contribution in [2.75, 3.05) is 24.5 Å². The Kier molecular flexibility index (Phi) is 6.97. The molecule has 2 N–H and O–H groups in total. The molecule has 0 radical (unpaired) electrons. The Bertz CT molecular complexity index is 1470. The summed E-state index contributed by atoms with van der Waals surface area (Å²) in [4.78, 5) is 3.96. The van der Waals surface area contributed by atoms with Crippen LogP contribution in [0.5, 0.6) is 0 Å². The number of nitrogens with zero attached hydrogens (tertiary/aromatic N) is 5. The highest BCUT2D eigenvalue weighted by Gasteiger charge is 2.60. The number of halogens is 6. The average molecular weight is 581 g/mol. The van der Waals surface area contributed by atoms with Gasteiger partial charge in [0.05, 0.1) is 22.1 Å². The van der Waals surface area contributed by atoms with Crippen LogP contribution in [0.25, 0.3) is 0 Å². The fourth-order valence-corrected chi connectivity index (χ4v) is 7.32. The first-order valence-electron chi connectivity index (χ1n) is 10.7. The van der Waals surface area contributed by atoms with Crippen LogP contribution >= 0.6 is 11.3 Å². The van der Waals surface area contributed by atoms with Crippen molar-refractivity contribution in [3.05, 3.63) is 58.5 Å². The lowest BCUT2D eigenvalue weighted by Crippen LogP contribution is -2.54. The van der Waals surface area contributed by atoms with Crippen molar-refractivity contribution in [2.45, 2.75) is 35.1 Å². The zero-order valence-electron chi connectivity index (χ0n) is 19.2. The topological polar surface area (TPSA) is 126 Å². The summed E-state index contributed by atoms with van der Waals surface area (Å²) in [5.41, 5.74) is -5.09. The maximum atomic E-state index is 13.8. The first kappa shape index (κ1) is 27.8. The molecule has 0 amide bonds. The largest absolute Gasteiger partial charge is 0.429 e. The van der Waals surface area contributed by atoms with Gasteiger partial charge in [0.2, 0.25) is 0 Å². The molecule has 3 heterocycles. The third-order valence-corrected chi connectivity index (χ3v) is 9.68. The van der Waals surface area contributed by atoms with Crippen molar-refractivity contribution in [1.82, 2.24) is 19.5 Å². The van der Waals surface area contributed by atoms with Crippen molar-refractivity contribution >= 4 is 27.0 Å². The van der Waals surface area contributed by atoms with Gasteiger partial charge in [-0.25, -0.2) is 13.4 Å². The van der Waals surface area contributed by atoms with Crippen LogP contribution in [0.3, 0.4) is 0 Å². The first-order valence-corrected chi connectivity index (χ1v) is 13.0. The normalized spacial score (nSPS) is 19.2. The van der Waals surface area contributed by atoms with Crippen LogP contribution in [0, 0.1) is 11.3 Å². The summed E-state index contributed by atoms with van der Waals surface area (Å²) in [5.74, 6) is -0.944. The van der Waals surface area contributed by atoms with Gasteiger partial charge in [0.1, 0.15) is 10.5 Å². The molecule has 1 aliphatic heterocycles. The summed E-state index contributed by atoms with van der Waals surface area (Å²) in [6.45, 7) is 0.883. The number of aromatic amines is 1. The second-order valence-electron chi connectivity index (χ2n) is 8.41. The molecule has 2 aromatic heterocycles. The molecular formula is C21H18F6N6O3S2. The van der Waals surface area contributed by atoms with E-state index in [-0.39, 0.29) is 42.2 Å². The molecule has 0 bridgehead atoms. The van der Waals surface area contributed by atoms with Crippen LogP contribution in [0.15, 0.2) is 40.9 Å². The fourth-order valence-electron chi connectivity index (χ4n) is 4.16. The van der Waals surface area contributed by atoms with Crippen LogP contribution in [0.4, 0.5) is 32.0 Å². The van der Waals surface area contributed by atoms with Crippen molar-refractivity contribution < 1.29 is 39.9 Å². The summed E-state index contributed by atoms with van der Waals surface area (Å²) in [5, 5.41) is 24.8. The first-order chi connectivity index (χ1) is 17.6. The predicted octanol–water partition coefficient (Wildman–Crippen LogP) is 3.45. The third-order valence-electron chi connectivity index (χ3n) is 6.01. The second-order valence-corrected chi connectivity index (χ2v) is 11.6. The van der Waals surface area contributed by atoms with Crippen molar-refractivity contribution in [3.63, 3.8) is 0 Å². The standard InChI is InChI=1S/C21H18F6N6O3S2/c1-12-10-32(15-3-2-13(9-28)8-14(15)20(22,23)24)6-7-33(12)38(35,36)17-5-4-16(37-17)19(34,21(25,26)27)18-29-11-30-31-18/h2-5,8,11-12,34H,6-7,10H2,1H3,(H,29,30,31). The highest BCUT2D eigenvalue weighted by atomic mass is 32.2. The lowest BCUT2D eigenvalue weighted by molar-refractivity contribution is -0.249. The van der Waals surface area contributed by atoms with Gasteiger partial charge in [0.15, 0.2) is 5.82 Å². The molecule has 2 atom stereocenters. The van der Waals surface area contributed by atoms with Crippen LogP contribution < -0.4 is 4.90 Å². The molecule has 38 heavy (non-hydrogen) atoms. The van der Waals surface area contributed by atoms with E-state index in [9.17, 15) is 39.9 Å². The Morgan fingerprint density at radius 2 is 1.87 bits per heavy atom. The summed E-state index contributed by atoms with van der Waals surface area (Å²) < 4.78 is 110. The van der Waals surface area contributed by atoms with Gasteiger partial charge in [-0.2, -0.15) is 41.0 Å². The number of H-pyrrole nitrogens is 1. The number of nitrogens with one attached hydrogen (secondary N) is 1. The molecule has 17 heteroatoms. The number of sulfonamides is 1. The second kappa shape index (κ2) is 9.52. The zero-order valence-corrected chi connectivity index (χ0v) is 20.9. The molecule has 9 nitrogen and oxygen atoms in total. The molecule has 0 saturated carbocycles. The predicted molar refractivity (Wildman–Crippen MR) is 121 cm³/mol. The zero-order chi connectivity index (χ0) is 28.1. The van der Waals surface area contributed by atoms with E-state index in [2.05, 4.69) is 10.1 Å². The Hall–Kier alpha value is -3.20. The number of aliphatic hydroxyl groups is 1. The molecular weight excluding hydrogens is 562 g/mol.